The normalized spacial score (nSPS) is 13.6. The van der Waals surface area contributed by atoms with Gasteiger partial charge in [-0.2, -0.15) is 0 Å². The van der Waals surface area contributed by atoms with Crippen molar-refractivity contribution in [2.75, 3.05) is 26.1 Å². The Balaban J connectivity index is 1.64. The van der Waals surface area contributed by atoms with E-state index in [1.165, 1.54) is 33.1 Å². The molecule has 1 N–H and O–H groups in total. The van der Waals surface area contributed by atoms with Gasteiger partial charge < -0.3 is 24.3 Å². The predicted octanol–water partition coefficient (Wildman–Crippen LogP) is 3.82. The first-order chi connectivity index (χ1) is 14.1. The zero-order valence-corrected chi connectivity index (χ0v) is 16.6. The molecule has 0 aliphatic heterocycles. The minimum atomic E-state index is -0.526. The van der Waals surface area contributed by atoms with Crippen LogP contribution in [0.5, 0.6) is 17.2 Å². The van der Waals surface area contributed by atoms with Gasteiger partial charge in [0.1, 0.15) is 5.75 Å². The lowest BCUT2D eigenvalue weighted by molar-refractivity contribution is -0.142. The molecule has 1 amide bonds. The summed E-state index contributed by atoms with van der Waals surface area (Å²) < 4.78 is 21.1. The highest BCUT2D eigenvalue weighted by Crippen LogP contribution is 2.29. The summed E-state index contributed by atoms with van der Waals surface area (Å²) in [7, 11) is 2.76. The molecule has 29 heavy (non-hydrogen) atoms. The molecule has 1 fully saturated rings. The number of hydrogen-bond donors (Lipinski definition) is 1. The molecule has 1 aliphatic carbocycles. The molecule has 1 aliphatic rings. The van der Waals surface area contributed by atoms with Gasteiger partial charge in [0.25, 0.3) is 5.91 Å². The van der Waals surface area contributed by atoms with E-state index in [4.69, 9.17) is 14.2 Å². The van der Waals surface area contributed by atoms with Gasteiger partial charge in [-0.15, -0.1) is 0 Å². The molecule has 0 unspecified atom stereocenters. The Hall–Kier alpha value is -3.22. The second-order valence-corrected chi connectivity index (χ2v) is 6.73. The zero-order chi connectivity index (χ0) is 20.6. The van der Waals surface area contributed by atoms with Gasteiger partial charge in [0, 0.05) is 11.3 Å². The molecule has 0 bridgehead atoms. The number of benzene rings is 2. The number of amides is 1. The van der Waals surface area contributed by atoms with Crippen molar-refractivity contribution in [3.63, 3.8) is 0 Å². The van der Waals surface area contributed by atoms with Gasteiger partial charge in [-0.1, -0.05) is 0 Å². The molecule has 154 valence electrons. The summed E-state index contributed by atoms with van der Waals surface area (Å²) in [5.41, 5.74) is 1.03. The maximum Gasteiger partial charge on any atom is 0.343 e. The summed E-state index contributed by atoms with van der Waals surface area (Å²) in [6.45, 7) is -0.277. The van der Waals surface area contributed by atoms with Gasteiger partial charge in [0.15, 0.2) is 18.1 Å². The molecule has 7 nitrogen and oxygen atoms in total. The molecule has 2 aromatic carbocycles. The van der Waals surface area contributed by atoms with Crippen molar-refractivity contribution in [1.29, 1.82) is 0 Å². The van der Waals surface area contributed by atoms with Crippen LogP contribution in [0.3, 0.4) is 0 Å². The standard InChI is InChI=1S/C22H25NO6/c1-26-19-12-7-15(13-20(19)28-14-21(24)27-2)22(25)23-16-8-10-18(11-9-16)29-17-5-3-4-6-17/h7-13,17H,3-6,14H2,1-2H3,(H,23,25). The van der Waals surface area contributed by atoms with Crippen LogP contribution in [-0.4, -0.2) is 38.8 Å². The summed E-state index contributed by atoms with van der Waals surface area (Å²) >= 11 is 0. The van der Waals surface area contributed by atoms with Crippen LogP contribution in [0.2, 0.25) is 0 Å². The van der Waals surface area contributed by atoms with Crippen LogP contribution in [-0.2, 0) is 9.53 Å². The number of nitrogens with one attached hydrogen (secondary N) is 1. The molecule has 0 spiro atoms. The molecular formula is C22H25NO6. The molecule has 3 rings (SSSR count). The second-order valence-electron chi connectivity index (χ2n) is 6.73. The Labute approximate surface area is 169 Å². The first-order valence-corrected chi connectivity index (χ1v) is 9.55. The van der Waals surface area contributed by atoms with Crippen molar-refractivity contribution < 1.29 is 28.5 Å². The first kappa shape index (κ1) is 20.5. The van der Waals surface area contributed by atoms with E-state index in [-0.39, 0.29) is 24.4 Å². The van der Waals surface area contributed by atoms with Crippen molar-refractivity contribution in [3.8, 4) is 17.2 Å². The Morgan fingerprint density at radius 1 is 1.00 bits per heavy atom. The van der Waals surface area contributed by atoms with Gasteiger partial charge >= 0.3 is 5.97 Å². The lowest BCUT2D eigenvalue weighted by atomic mass is 10.1. The third-order valence-corrected chi connectivity index (χ3v) is 4.72. The van der Waals surface area contributed by atoms with Gasteiger partial charge in [0.2, 0.25) is 0 Å². The lowest BCUT2D eigenvalue weighted by Gasteiger charge is -2.14. The average Bonchev–Trinajstić information content (AvgIpc) is 3.26. The molecule has 7 heteroatoms. The number of ether oxygens (including phenoxy) is 4. The maximum atomic E-state index is 12.6. The highest BCUT2D eigenvalue weighted by molar-refractivity contribution is 6.04. The summed E-state index contributed by atoms with van der Waals surface area (Å²) in [5, 5.41) is 2.84. The zero-order valence-electron chi connectivity index (χ0n) is 16.6. The third kappa shape index (κ3) is 5.63. The lowest BCUT2D eigenvalue weighted by Crippen LogP contribution is -2.15. The van der Waals surface area contributed by atoms with Crippen LogP contribution in [0.15, 0.2) is 42.5 Å². The molecule has 0 heterocycles. The number of rotatable bonds is 8. The average molecular weight is 399 g/mol. The summed E-state index contributed by atoms with van der Waals surface area (Å²) in [6.07, 6.45) is 4.91. The number of anilines is 1. The Bertz CT molecular complexity index is 843. The van der Waals surface area contributed by atoms with Crippen molar-refractivity contribution in [2.45, 2.75) is 31.8 Å². The first-order valence-electron chi connectivity index (χ1n) is 9.55. The molecule has 0 saturated heterocycles. The van der Waals surface area contributed by atoms with Crippen LogP contribution >= 0.6 is 0 Å². The van der Waals surface area contributed by atoms with Crippen LogP contribution < -0.4 is 19.5 Å². The quantitative estimate of drug-likeness (QED) is 0.680. The van der Waals surface area contributed by atoms with Crippen LogP contribution in [0.25, 0.3) is 0 Å². The van der Waals surface area contributed by atoms with Crippen molar-refractivity contribution >= 4 is 17.6 Å². The van der Waals surface area contributed by atoms with E-state index in [1.54, 1.807) is 24.3 Å². The van der Waals surface area contributed by atoms with Gasteiger partial charge in [-0.25, -0.2) is 4.79 Å². The van der Waals surface area contributed by atoms with E-state index in [9.17, 15) is 9.59 Å². The van der Waals surface area contributed by atoms with E-state index in [0.717, 1.165) is 18.6 Å². The molecule has 0 aromatic heterocycles. The second kappa shape index (κ2) is 9.82. The summed E-state index contributed by atoms with van der Waals surface area (Å²) in [4.78, 5) is 23.9. The van der Waals surface area contributed by atoms with Crippen molar-refractivity contribution in [2.24, 2.45) is 0 Å². The molecular weight excluding hydrogens is 374 g/mol. The van der Waals surface area contributed by atoms with E-state index in [2.05, 4.69) is 10.1 Å². The van der Waals surface area contributed by atoms with Crippen LogP contribution in [0, 0.1) is 0 Å². The fourth-order valence-electron chi connectivity index (χ4n) is 3.15. The van der Waals surface area contributed by atoms with Gasteiger partial charge in [0.05, 0.1) is 20.3 Å². The number of hydrogen-bond acceptors (Lipinski definition) is 6. The molecule has 2 aromatic rings. The minimum absolute atomic E-state index is 0.277. The van der Waals surface area contributed by atoms with Crippen LogP contribution in [0.1, 0.15) is 36.0 Å². The SMILES string of the molecule is COC(=O)COc1cc(C(=O)Nc2ccc(OC3CCCC3)cc2)ccc1OC. The minimum Gasteiger partial charge on any atom is -0.493 e. The number of methoxy groups -OCH3 is 2. The largest absolute Gasteiger partial charge is 0.493 e. The van der Waals surface area contributed by atoms with E-state index >= 15 is 0 Å². The van der Waals surface area contributed by atoms with E-state index in [1.807, 2.05) is 12.1 Å². The number of carbonyl (C=O) groups excluding carboxylic acids is 2. The Morgan fingerprint density at radius 2 is 1.72 bits per heavy atom. The fraction of sp³-hybridized carbons (Fsp3) is 0.364. The van der Waals surface area contributed by atoms with Crippen LogP contribution in [0.4, 0.5) is 5.69 Å². The van der Waals surface area contributed by atoms with Gasteiger partial charge in [-0.3, -0.25) is 4.79 Å². The third-order valence-electron chi connectivity index (χ3n) is 4.72. The Kier molecular flexibility index (Phi) is 6.94. The number of esters is 1. The molecule has 0 atom stereocenters. The highest BCUT2D eigenvalue weighted by Gasteiger charge is 2.17. The summed E-state index contributed by atoms with van der Waals surface area (Å²) in [5.74, 6) is 0.671. The smallest absolute Gasteiger partial charge is 0.343 e. The van der Waals surface area contributed by atoms with Crippen molar-refractivity contribution in [3.05, 3.63) is 48.0 Å². The van der Waals surface area contributed by atoms with Crippen molar-refractivity contribution in [1.82, 2.24) is 0 Å². The maximum absolute atomic E-state index is 12.6. The van der Waals surface area contributed by atoms with Gasteiger partial charge in [-0.05, 0) is 68.1 Å². The fourth-order valence-corrected chi connectivity index (χ4v) is 3.15. The topological polar surface area (TPSA) is 83.1 Å². The van der Waals surface area contributed by atoms with E-state index in [0.29, 0.717) is 17.0 Å². The number of carbonyl (C=O) groups is 2. The predicted molar refractivity (Wildman–Crippen MR) is 108 cm³/mol. The summed E-state index contributed by atoms with van der Waals surface area (Å²) in [6, 6.07) is 12.1. The molecule has 1 saturated carbocycles. The Morgan fingerprint density at radius 3 is 2.38 bits per heavy atom. The molecule has 0 radical (unpaired) electrons. The monoisotopic (exact) mass is 399 g/mol. The highest BCUT2D eigenvalue weighted by atomic mass is 16.6. The van der Waals surface area contributed by atoms with E-state index < -0.39 is 5.97 Å².